The summed E-state index contributed by atoms with van der Waals surface area (Å²) in [5.41, 5.74) is 5.87. The summed E-state index contributed by atoms with van der Waals surface area (Å²) in [7, 11) is -3.05. The first kappa shape index (κ1) is 14.7. The van der Waals surface area contributed by atoms with Crippen LogP contribution in [0, 0.1) is 0 Å². The van der Waals surface area contributed by atoms with Gasteiger partial charge in [-0.05, 0) is 25.5 Å². The molecule has 0 aromatic carbocycles. The summed E-state index contributed by atoms with van der Waals surface area (Å²) in [6.07, 6.45) is 5.25. The molecular formula is C12H18N4O3S. The van der Waals surface area contributed by atoms with Crippen molar-refractivity contribution in [3.63, 3.8) is 0 Å². The molecule has 2 N–H and O–H groups in total. The van der Waals surface area contributed by atoms with Crippen molar-refractivity contribution in [1.29, 1.82) is 0 Å². The van der Waals surface area contributed by atoms with Gasteiger partial charge in [0.1, 0.15) is 9.84 Å². The maximum Gasteiger partial charge on any atom is 0.243 e. The zero-order valence-electron chi connectivity index (χ0n) is 11.4. The van der Waals surface area contributed by atoms with E-state index in [9.17, 15) is 8.42 Å². The van der Waals surface area contributed by atoms with Crippen LogP contribution in [-0.2, 0) is 9.84 Å². The second-order valence-electron chi connectivity index (χ2n) is 4.82. The zero-order valence-corrected chi connectivity index (χ0v) is 12.2. The number of nitrogens with zero attached hydrogens (tertiary/aromatic N) is 3. The molecule has 2 aromatic rings. The second-order valence-corrected chi connectivity index (χ2v) is 7.08. The van der Waals surface area contributed by atoms with Gasteiger partial charge in [-0.15, -0.1) is 0 Å². The number of aromatic nitrogens is 3. The molecule has 7 nitrogen and oxygen atoms in total. The molecule has 110 valence electrons. The van der Waals surface area contributed by atoms with E-state index in [1.165, 1.54) is 6.26 Å². The molecular weight excluding hydrogens is 280 g/mol. The SMILES string of the molecule is CC(c1noc(C(N)CCS(C)(=O)=O)n1)n1cccc1. The molecule has 0 aliphatic heterocycles. The van der Waals surface area contributed by atoms with Gasteiger partial charge in [-0.1, -0.05) is 5.16 Å². The molecule has 0 spiro atoms. The van der Waals surface area contributed by atoms with E-state index in [4.69, 9.17) is 10.3 Å². The minimum atomic E-state index is -3.05. The fourth-order valence-corrected chi connectivity index (χ4v) is 2.45. The lowest BCUT2D eigenvalue weighted by atomic mass is 10.2. The van der Waals surface area contributed by atoms with Gasteiger partial charge in [0.05, 0.1) is 17.8 Å². The normalized spacial score (nSPS) is 15.2. The zero-order chi connectivity index (χ0) is 14.8. The van der Waals surface area contributed by atoms with Crippen molar-refractivity contribution < 1.29 is 12.9 Å². The van der Waals surface area contributed by atoms with E-state index in [0.29, 0.717) is 5.82 Å². The number of nitrogens with two attached hydrogens (primary N) is 1. The average Bonchev–Trinajstić information content (AvgIpc) is 3.04. The lowest BCUT2D eigenvalue weighted by Crippen LogP contribution is -2.16. The summed E-state index contributed by atoms with van der Waals surface area (Å²) < 4.78 is 29.3. The van der Waals surface area contributed by atoms with E-state index >= 15 is 0 Å². The van der Waals surface area contributed by atoms with Gasteiger partial charge in [-0.25, -0.2) is 8.42 Å². The molecule has 0 fully saturated rings. The van der Waals surface area contributed by atoms with Crippen LogP contribution in [0.2, 0.25) is 0 Å². The Balaban J connectivity index is 2.05. The third-order valence-electron chi connectivity index (χ3n) is 3.02. The number of rotatable bonds is 6. The Bertz CT molecular complexity index is 648. The molecule has 2 rings (SSSR count). The monoisotopic (exact) mass is 298 g/mol. The van der Waals surface area contributed by atoms with Gasteiger partial charge in [-0.3, -0.25) is 0 Å². The molecule has 2 unspecified atom stereocenters. The maximum absolute atomic E-state index is 11.1. The molecule has 0 bridgehead atoms. The van der Waals surface area contributed by atoms with Crippen LogP contribution in [0.3, 0.4) is 0 Å². The molecule has 8 heteroatoms. The van der Waals surface area contributed by atoms with Crippen LogP contribution >= 0.6 is 0 Å². The highest BCUT2D eigenvalue weighted by atomic mass is 32.2. The summed E-state index contributed by atoms with van der Waals surface area (Å²) >= 11 is 0. The summed E-state index contributed by atoms with van der Waals surface area (Å²) in [6.45, 7) is 1.94. The van der Waals surface area contributed by atoms with Crippen molar-refractivity contribution in [3.05, 3.63) is 36.2 Å². The fourth-order valence-electron chi connectivity index (χ4n) is 1.77. The standard InChI is InChI=1S/C12H18N4O3S/c1-9(16-6-3-4-7-16)11-14-12(19-15-11)10(13)5-8-20(2,17)18/h3-4,6-7,9-10H,5,8,13H2,1-2H3. The van der Waals surface area contributed by atoms with Crippen LogP contribution < -0.4 is 5.73 Å². The minimum Gasteiger partial charge on any atom is -0.344 e. The van der Waals surface area contributed by atoms with E-state index in [1.54, 1.807) is 0 Å². The highest BCUT2D eigenvalue weighted by Gasteiger charge is 2.20. The van der Waals surface area contributed by atoms with Gasteiger partial charge in [0.25, 0.3) is 0 Å². The molecule has 0 amide bonds. The van der Waals surface area contributed by atoms with Crippen molar-refractivity contribution in [2.24, 2.45) is 5.73 Å². The largest absolute Gasteiger partial charge is 0.344 e. The van der Waals surface area contributed by atoms with Gasteiger partial charge >= 0.3 is 0 Å². The van der Waals surface area contributed by atoms with Crippen molar-refractivity contribution in [2.75, 3.05) is 12.0 Å². The Kier molecular flexibility index (Phi) is 4.24. The molecule has 0 radical (unpaired) electrons. The van der Waals surface area contributed by atoms with E-state index in [0.717, 1.165) is 0 Å². The Hall–Kier alpha value is -1.67. The number of sulfone groups is 1. The molecule has 20 heavy (non-hydrogen) atoms. The Morgan fingerprint density at radius 3 is 2.65 bits per heavy atom. The summed E-state index contributed by atoms with van der Waals surface area (Å²) in [6, 6.07) is 3.19. The van der Waals surface area contributed by atoms with Crippen molar-refractivity contribution >= 4 is 9.84 Å². The molecule has 0 aliphatic carbocycles. The van der Waals surface area contributed by atoms with Crippen molar-refractivity contribution in [2.45, 2.75) is 25.4 Å². The Morgan fingerprint density at radius 1 is 1.40 bits per heavy atom. The minimum absolute atomic E-state index is 0.000958. The predicted octanol–water partition coefficient (Wildman–Crippen LogP) is 0.915. The van der Waals surface area contributed by atoms with Crippen LogP contribution in [0.1, 0.15) is 37.1 Å². The molecule has 2 aromatic heterocycles. The first-order chi connectivity index (χ1) is 9.37. The lowest BCUT2D eigenvalue weighted by Gasteiger charge is -2.08. The summed E-state index contributed by atoms with van der Waals surface area (Å²) in [5.74, 6) is 0.785. The first-order valence-corrected chi connectivity index (χ1v) is 8.32. The smallest absolute Gasteiger partial charge is 0.243 e. The summed E-state index contributed by atoms with van der Waals surface area (Å²) in [5, 5.41) is 3.90. The topological polar surface area (TPSA) is 104 Å². The van der Waals surface area contributed by atoms with Gasteiger partial charge in [0.15, 0.2) is 5.82 Å². The van der Waals surface area contributed by atoms with Crippen LogP contribution in [0.15, 0.2) is 29.0 Å². The van der Waals surface area contributed by atoms with E-state index in [1.807, 2.05) is 36.0 Å². The van der Waals surface area contributed by atoms with Crippen LogP contribution in [-0.4, -0.2) is 35.1 Å². The van der Waals surface area contributed by atoms with Crippen molar-refractivity contribution in [1.82, 2.24) is 14.7 Å². The third-order valence-corrected chi connectivity index (χ3v) is 4.00. The lowest BCUT2D eigenvalue weighted by molar-refractivity contribution is 0.345. The van der Waals surface area contributed by atoms with Crippen molar-refractivity contribution in [3.8, 4) is 0 Å². The van der Waals surface area contributed by atoms with Gasteiger partial charge in [0.2, 0.25) is 5.89 Å². The Labute approximate surface area is 117 Å². The Morgan fingerprint density at radius 2 is 2.05 bits per heavy atom. The molecule has 0 saturated heterocycles. The first-order valence-electron chi connectivity index (χ1n) is 6.26. The average molecular weight is 298 g/mol. The quantitative estimate of drug-likeness (QED) is 0.850. The van der Waals surface area contributed by atoms with Gasteiger partial charge in [0, 0.05) is 18.6 Å². The maximum atomic E-state index is 11.1. The van der Waals surface area contributed by atoms with Crippen LogP contribution in [0.5, 0.6) is 0 Å². The number of hydrogen-bond donors (Lipinski definition) is 1. The molecule has 0 aliphatic rings. The summed E-state index contributed by atoms with van der Waals surface area (Å²) in [4.78, 5) is 4.25. The predicted molar refractivity (Wildman–Crippen MR) is 73.8 cm³/mol. The van der Waals surface area contributed by atoms with E-state index in [2.05, 4.69) is 10.1 Å². The highest BCUT2D eigenvalue weighted by molar-refractivity contribution is 7.90. The molecule has 2 atom stereocenters. The van der Waals surface area contributed by atoms with E-state index in [-0.39, 0.29) is 24.1 Å². The second kappa shape index (κ2) is 5.76. The van der Waals surface area contributed by atoms with Gasteiger partial charge in [-0.2, -0.15) is 4.98 Å². The third kappa shape index (κ3) is 3.67. The van der Waals surface area contributed by atoms with E-state index < -0.39 is 15.9 Å². The van der Waals surface area contributed by atoms with Gasteiger partial charge < -0.3 is 14.8 Å². The van der Waals surface area contributed by atoms with Crippen LogP contribution in [0.4, 0.5) is 0 Å². The molecule has 2 heterocycles. The highest BCUT2D eigenvalue weighted by Crippen LogP contribution is 2.18. The number of hydrogen-bond acceptors (Lipinski definition) is 6. The molecule has 0 saturated carbocycles. The van der Waals surface area contributed by atoms with Crippen LogP contribution in [0.25, 0.3) is 0 Å². The fraction of sp³-hybridized carbons (Fsp3) is 0.500.